The van der Waals surface area contributed by atoms with E-state index in [0.29, 0.717) is 22.5 Å². The number of esters is 1. The van der Waals surface area contributed by atoms with Crippen LogP contribution in [0, 0.1) is 9.49 Å². The Bertz CT molecular complexity index is 488. The molecule has 0 aromatic carbocycles. The van der Waals surface area contributed by atoms with E-state index in [1.54, 1.807) is 0 Å². The van der Waals surface area contributed by atoms with Crippen molar-refractivity contribution in [3.8, 4) is 0 Å². The molecule has 1 aliphatic rings. The molecule has 6 nitrogen and oxygen atoms in total. The van der Waals surface area contributed by atoms with Crippen molar-refractivity contribution in [1.82, 2.24) is 9.97 Å². The minimum Gasteiger partial charge on any atom is -0.469 e. The van der Waals surface area contributed by atoms with Crippen molar-refractivity contribution in [3.05, 3.63) is 20.3 Å². The number of carbonyl (C=O) groups excluding carboxylic acids is 1. The maximum Gasteiger partial charge on any atom is 0.310 e. The Morgan fingerprint density at radius 1 is 1.71 bits per heavy atom. The molecule has 17 heavy (non-hydrogen) atoms. The maximum absolute atomic E-state index is 11.4. The molecule has 1 aromatic heterocycles. The molecule has 1 saturated heterocycles. The fraction of sp³-hybridized carbons (Fsp3) is 0.500. The van der Waals surface area contributed by atoms with Gasteiger partial charge in [0.05, 0.1) is 19.4 Å². The fourth-order valence-electron chi connectivity index (χ4n) is 1.91. The molecular formula is C10H12IN3O3. The van der Waals surface area contributed by atoms with Crippen LogP contribution in [0.25, 0.3) is 0 Å². The highest BCUT2D eigenvalue weighted by Crippen LogP contribution is 2.24. The lowest BCUT2D eigenvalue weighted by atomic mass is 10.1. The van der Waals surface area contributed by atoms with Gasteiger partial charge in [0.15, 0.2) is 0 Å². The van der Waals surface area contributed by atoms with Crippen LogP contribution in [0.15, 0.2) is 11.1 Å². The third-order valence-corrected chi connectivity index (χ3v) is 3.77. The number of nitrogens with one attached hydrogen (secondary N) is 1. The zero-order valence-electron chi connectivity index (χ0n) is 9.27. The van der Waals surface area contributed by atoms with E-state index in [1.807, 2.05) is 27.5 Å². The second kappa shape index (κ2) is 5.03. The molecule has 0 amide bonds. The predicted octanol–water partition coefficient (Wildman–Crippen LogP) is 0.374. The van der Waals surface area contributed by atoms with E-state index in [4.69, 9.17) is 4.74 Å². The minimum absolute atomic E-state index is 0.128. The van der Waals surface area contributed by atoms with Gasteiger partial charge in [-0.25, -0.2) is 4.98 Å². The SMILES string of the molecule is COC(=O)C1CCN(c2nc[nH]c(=O)c2I)C1. The molecule has 1 fully saturated rings. The van der Waals surface area contributed by atoms with Crippen LogP contribution in [0.3, 0.4) is 0 Å². The number of hydrogen-bond acceptors (Lipinski definition) is 5. The van der Waals surface area contributed by atoms with Gasteiger partial charge in [-0.05, 0) is 29.0 Å². The molecule has 0 spiro atoms. The number of aromatic amines is 1. The number of rotatable bonds is 2. The van der Waals surface area contributed by atoms with Crippen LogP contribution in [-0.2, 0) is 9.53 Å². The van der Waals surface area contributed by atoms with Gasteiger partial charge in [0.2, 0.25) is 0 Å². The zero-order chi connectivity index (χ0) is 12.4. The standard InChI is InChI=1S/C10H12IN3O3/c1-17-10(16)6-2-3-14(4-6)8-7(11)9(15)13-5-12-8/h5-6H,2-4H2,1H3,(H,12,13,15). The molecule has 0 bridgehead atoms. The summed E-state index contributed by atoms with van der Waals surface area (Å²) >= 11 is 1.96. The second-order valence-corrected chi connectivity index (χ2v) is 4.90. The molecule has 1 N–H and O–H groups in total. The molecular weight excluding hydrogens is 337 g/mol. The van der Waals surface area contributed by atoms with E-state index in [9.17, 15) is 9.59 Å². The average Bonchev–Trinajstić information content (AvgIpc) is 2.81. The average molecular weight is 349 g/mol. The monoisotopic (exact) mass is 349 g/mol. The van der Waals surface area contributed by atoms with Crippen molar-refractivity contribution >= 4 is 34.4 Å². The molecule has 1 atom stereocenters. The van der Waals surface area contributed by atoms with Crippen molar-refractivity contribution < 1.29 is 9.53 Å². The number of carbonyl (C=O) groups is 1. The molecule has 7 heteroatoms. The van der Waals surface area contributed by atoms with Crippen molar-refractivity contribution in [2.45, 2.75) is 6.42 Å². The van der Waals surface area contributed by atoms with Crippen LogP contribution < -0.4 is 10.5 Å². The normalized spacial score (nSPS) is 19.4. The van der Waals surface area contributed by atoms with Gasteiger partial charge in [0.1, 0.15) is 9.39 Å². The molecule has 0 aliphatic carbocycles. The number of nitrogens with zero attached hydrogens (tertiary/aromatic N) is 2. The summed E-state index contributed by atoms with van der Waals surface area (Å²) in [6, 6.07) is 0. The minimum atomic E-state index is -0.202. The van der Waals surface area contributed by atoms with Crippen LogP contribution in [0.4, 0.5) is 5.82 Å². The van der Waals surface area contributed by atoms with Crippen molar-refractivity contribution in [2.24, 2.45) is 5.92 Å². The van der Waals surface area contributed by atoms with Gasteiger partial charge in [-0.2, -0.15) is 0 Å². The Kier molecular flexibility index (Phi) is 3.65. The topological polar surface area (TPSA) is 75.3 Å². The zero-order valence-corrected chi connectivity index (χ0v) is 11.4. The van der Waals surface area contributed by atoms with E-state index >= 15 is 0 Å². The largest absolute Gasteiger partial charge is 0.469 e. The van der Waals surface area contributed by atoms with E-state index in [1.165, 1.54) is 13.4 Å². The quantitative estimate of drug-likeness (QED) is 0.617. The summed E-state index contributed by atoms with van der Waals surface area (Å²) in [5.74, 6) is 0.310. The summed E-state index contributed by atoms with van der Waals surface area (Å²) in [6.45, 7) is 1.27. The number of ether oxygens (including phenoxy) is 1. The first-order valence-corrected chi connectivity index (χ1v) is 6.27. The lowest BCUT2D eigenvalue weighted by molar-refractivity contribution is -0.144. The molecule has 2 rings (SSSR count). The first-order chi connectivity index (χ1) is 8.13. The van der Waals surface area contributed by atoms with Crippen molar-refractivity contribution in [1.29, 1.82) is 0 Å². The van der Waals surface area contributed by atoms with Gasteiger partial charge in [-0.15, -0.1) is 0 Å². The molecule has 92 valence electrons. The van der Waals surface area contributed by atoms with E-state index in [-0.39, 0.29) is 17.4 Å². The van der Waals surface area contributed by atoms with E-state index < -0.39 is 0 Å². The Morgan fingerprint density at radius 2 is 2.47 bits per heavy atom. The molecule has 0 radical (unpaired) electrons. The van der Waals surface area contributed by atoms with Gasteiger partial charge in [0.25, 0.3) is 5.56 Å². The second-order valence-electron chi connectivity index (χ2n) is 3.82. The number of anilines is 1. The summed E-state index contributed by atoms with van der Waals surface area (Å²) in [6.07, 6.45) is 2.11. The summed E-state index contributed by atoms with van der Waals surface area (Å²) in [7, 11) is 1.39. The number of aromatic nitrogens is 2. The lowest BCUT2D eigenvalue weighted by Gasteiger charge is -2.17. The number of halogens is 1. The highest BCUT2D eigenvalue weighted by atomic mass is 127. The smallest absolute Gasteiger partial charge is 0.310 e. The molecule has 1 unspecified atom stereocenters. The third kappa shape index (κ3) is 2.43. The molecule has 2 heterocycles. The fourth-order valence-corrected chi connectivity index (χ4v) is 2.54. The predicted molar refractivity (Wildman–Crippen MR) is 69.9 cm³/mol. The van der Waals surface area contributed by atoms with Crippen LogP contribution in [-0.4, -0.2) is 36.1 Å². The lowest BCUT2D eigenvalue weighted by Crippen LogP contribution is -2.27. The Labute approximate surface area is 112 Å². The maximum atomic E-state index is 11.4. The summed E-state index contributed by atoms with van der Waals surface area (Å²) in [5.41, 5.74) is -0.155. The molecule has 1 aliphatic heterocycles. The first-order valence-electron chi connectivity index (χ1n) is 5.19. The third-order valence-electron chi connectivity index (χ3n) is 2.80. The van der Waals surface area contributed by atoms with E-state index in [0.717, 1.165) is 6.42 Å². The summed E-state index contributed by atoms with van der Waals surface area (Å²) < 4.78 is 5.27. The Balaban J connectivity index is 2.18. The molecule has 1 aromatic rings. The molecule has 0 saturated carbocycles. The van der Waals surface area contributed by atoms with Gasteiger partial charge in [-0.1, -0.05) is 0 Å². The van der Waals surface area contributed by atoms with Crippen LogP contribution in [0.5, 0.6) is 0 Å². The van der Waals surface area contributed by atoms with Crippen molar-refractivity contribution in [2.75, 3.05) is 25.1 Å². The number of hydrogen-bond donors (Lipinski definition) is 1. The van der Waals surface area contributed by atoms with Gasteiger partial charge < -0.3 is 14.6 Å². The number of H-pyrrole nitrogens is 1. The van der Waals surface area contributed by atoms with Gasteiger partial charge >= 0.3 is 5.97 Å². The van der Waals surface area contributed by atoms with Gasteiger partial charge in [-0.3, -0.25) is 9.59 Å². The van der Waals surface area contributed by atoms with Gasteiger partial charge in [0, 0.05) is 13.1 Å². The Morgan fingerprint density at radius 3 is 3.18 bits per heavy atom. The van der Waals surface area contributed by atoms with Crippen LogP contribution in [0.2, 0.25) is 0 Å². The van der Waals surface area contributed by atoms with E-state index in [2.05, 4.69) is 9.97 Å². The van der Waals surface area contributed by atoms with Crippen molar-refractivity contribution in [3.63, 3.8) is 0 Å². The highest BCUT2D eigenvalue weighted by Gasteiger charge is 2.30. The highest BCUT2D eigenvalue weighted by molar-refractivity contribution is 14.1. The summed E-state index contributed by atoms with van der Waals surface area (Å²) in [4.78, 5) is 31.5. The van der Waals surface area contributed by atoms with Crippen LogP contribution >= 0.6 is 22.6 Å². The first kappa shape index (κ1) is 12.3. The Hall–Kier alpha value is -1.12. The van der Waals surface area contributed by atoms with Crippen LogP contribution in [0.1, 0.15) is 6.42 Å². The number of methoxy groups -OCH3 is 1. The summed E-state index contributed by atoms with van der Waals surface area (Å²) in [5, 5.41) is 0.